The molecule has 2 rings (SSSR count). The number of nitrogens with one attached hydrogen (secondary N) is 2. The van der Waals surface area contributed by atoms with Gasteiger partial charge in [-0.25, -0.2) is 9.59 Å². The molecular formula is C15H17N3O3S. The van der Waals surface area contributed by atoms with Crippen LogP contribution < -0.4 is 10.6 Å². The van der Waals surface area contributed by atoms with E-state index in [0.717, 1.165) is 17.5 Å². The van der Waals surface area contributed by atoms with Crippen LogP contribution in [0.3, 0.4) is 0 Å². The van der Waals surface area contributed by atoms with Crippen molar-refractivity contribution in [2.24, 2.45) is 0 Å². The van der Waals surface area contributed by atoms with E-state index in [1.54, 1.807) is 24.5 Å². The second-order valence-corrected chi connectivity index (χ2v) is 5.67. The van der Waals surface area contributed by atoms with Gasteiger partial charge in [0.1, 0.15) is 4.88 Å². The smallest absolute Gasteiger partial charge is 0.348 e. The molecule has 0 aliphatic carbocycles. The molecule has 2 aromatic rings. The summed E-state index contributed by atoms with van der Waals surface area (Å²) in [5.74, 6) is -0.411. The number of esters is 1. The summed E-state index contributed by atoms with van der Waals surface area (Å²) in [5.41, 5.74) is 2.25. The molecule has 2 N–H and O–H groups in total. The van der Waals surface area contributed by atoms with E-state index in [1.165, 1.54) is 18.4 Å². The normalized spacial score (nSPS) is 10.1. The summed E-state index contributed by atoms with van der Waals surface area (Å²) in [6, 6.07) is 4.93. The molecule has 0 spiro atoms. The first-order valence-corrected chi connectivity index (χ1v) is 7.54. The van der Waals surface area contributed by atoms with Crippen LogP contribution in [0.25, 0.3) is 0 Å². The molecular weight excluding hydrogens is 302 g/mol. The van der Waals surface area contributed by atoms with Crippen molar-refractivity contribution in [1.29, 1.82) is 0 Å². The van der Waals surface area contributed by atoms with Gasteiger partial charge in [0.25, 0.3) is 0 Å². The van der Waals surface area contributed by atoms with Crippen molar-refractivity contribution in [2.75, 3.05) is 19.0 Å². The van der Waals surface area contributed by atoms with Crippen LogP contribution in [0.2, 0.25) is 0 Å². The number of aromatic nitrogens is 1. The van der Waals surface area contributed by atoms with Crippen LogP contribution in [0.4, 0.5) is 9.80 Å². The predicted octanol–water partition coefficient (Wildman–Crippen LogP) is 2.60. The van der Waals surface area contributed by atoms with Crippen molar-refractivity contribution in [3.63, 3.8) is 0 Å². The Kier molecular flexibility index (Phi) is 5.48. The van der Waals surface area contributed by atoms with E-state index in [2.05, 4.69) is 20.4 Å². The van der Waals surface area contributed by atoms with Gasteiger partial charge in [0.05, 0.1) is 12.1 Å². The third-order valence-corrected chi connectivity index (χ3v) is 4.03. The molecule has 0 atom stereocenters. The third-order valence-electron chi connectivity index (χ3n) is 3.05. The largest absolute Gasteiger partial charge is 0.465 e. The monoisotopic (exact) mass is 319 g/mol. The maximum atomic E-state index is 11.8. The molecule has 0 bridgehead atoms. The lowest BCUT2D eigenvalue weighted by molar-refractivity contribution is 0.0606. The number of rotatable bonds is 5. The molecule has 2 amide bonds. The number of hydrogen-bond acceptors (Lipinski definition) is 5. The van der Waals surface area contributed by atoms with Crippen LogP contribution in [0, 0.1) is 6.92 Å². The van der Waals surface area contributed by atoms with Gasteiger partial charge in [-0.3, -0.25) is 10.3 Å². The highest BCUT2D eigenvalue weighted by Crippen LogP contribution is 2.22. The quantitative estimate of drug-likeness (QED) is 0.830. The first kappa shape index (κ1) is 16.0. The van der Waals surface area contributed by atoms with E-state index in [0.29, 0.717) is 16.4 Å². The number of nitrogens with zero attached hydrogens (tertiary/aromatic N) is 1. The number of amides is 2. The van der Waals surface area contributed by atoms with Gasteiger partial charge in [0, 0.05) is 18.9 Å². The Morgan fingerprint density at radius 3 is 2.86 bits per heavy atom. The van der Waals surface area contributed by atoms with Gasteiger partial charge >= 0.3 is 12.0 Å². The molecule has 6 nitrogen and oxygen atoms in total. The lowest BCUT2D eigenvalue weighted by atomic mass is 10.1. The van der Waals surface area contributed by atoms with Gasteiger partial charge in [0.15, 0.2) is 0 Å². The number of hydrogen-bond donors (Lipinski definition) is 2. The van der Waals surface area contributed by atoms with Crippen LogP contribution >= 0.6 is 11.3 Å². The van der Waals surface area contributed by atoms with Crippen molar-refractivity contribution in [2.45, 2.75) is 13.3 Å². The molecule has 2 heterocycles. The highest BCUT2D eigenvalue weighted by atomic mass is 32.1. The van der Waals surface area contributed by atoms with E-state index >= 15 is 0 Å². The zero-order valence-corrected chi connectivity index (χ0v) is 13.2. The Morgan fingerprint density at radius 2 is 2.14 bits per heavy atom. The van der Waals surface area contributed by atoms with Gasteiger partial charge in [-0.2, -0.15) is 0 Å². The maximum Gasteiger partial charge on any atom is 0.348 e. The number of methoxy groups -OCH3 is 1. The van der Waals surface area contributed by atoms with Gasteiger partial charge in [-0.1, -0.05) is 0 Å². The fraction of sp³-hybridized carbons (Fsp3) is 0.267. The average molecular weight is 319 g/mol. The number of carbonyl (C=O) groups is 2. The van der Waals surface area contributed by atoms with E-state index in [9.17, 15) is 9.59 Å². The molecule has 0 aromatic carbocycles. The number of carbonyl (C=O) groups excluding carboxylic acids is 2. The summed E-state index contributed by atoms with van der Waals surface area (Å²) >= 11 is 1.17. The number of thiophene rings is 1. The summed E-state index contributed by atoms with van der Waals surface area (Å²) in [6.45, 7) is 2.51. The van der Waals surface area contributed by atoms with Gasteiger partial charge in [-0.15, -0.1) is 11.3 Å². The fourth-order valence-electron chi connectivity index (χ4n) is 1.86. The van der Waals surface area contributed by atoms with Gasteiger partial charge in [0.2, 0.25) is 0 Å². The minimum Gasteiger partial charge on any atom is -0.465 e. The standard InChI is InChI=1S/C15H17N3O3S/c1-10-9-16-7-5-11(10)6-8-17-15(20)18-13-4-3-12(22-13)14(19)21-2/h3-5,7,9H,6,8H2,1-2H3,(H2,17,18,20). The summed E-state index contributed by atoms with van der Waals surface area (Å²) in [7, 11) is 1.32. The lowest BCUT2D eigenvalue weighted by Crippen LogP contribution is -2.30. The van der Waals surface area contributed by atoms with E-state index in [4.69, 9.17) is 0 Å². The summed E-state index contributed by atoms with van der Waals surface area (Å²) < 4.78 is 4.62. The summed E-state index contributed by atoms with van der Waals surface area (Å²) in [4.78, 5) is 27.6. The molecule has 0 saturated carbocycles. The van der Waals surface area contributed by atoms with E-state index in [1.807, 2.05) is 13.0 Å². The van der Waals surface area contributed by atoms with Gasteiger partial charge < -0.3 is 10.1 Å². The van der Waals surface area contributed by atoms with Gasteiger partial charge in [-0.05, 0) is 42.7 Å². The number of anilines is 1. The fourth-order valence-corrected chi connectivity index (χ4v) is 2.68. The molecule has 0 unspecified atom stereocenters. The minimum atomic E-state index is -0.411. The molecule has 22 heavy (non-hydrogen) atoms. The molecule has 7 heteroatoms. The zero-order valence-electron chi connectivity index (χ0n) is 12.4. The Hall–Kier alpha value is -2.41. The predicted molar refractivity (Wildman–Crippen MR) is 85.4 cm³/mol. The first-order chi connectivity index (χ1) is 10.6. The zero-order chi connectivity index (χ0) is 15.9. The highest BCUT2D eigenvalue weighted by Gasteiger charge is 2.10. The molecule has 116 valence electrons. The van der Waals surface area contributed by atoms with Crippen LogP contribution in [0.5, 0.6) is 0 Å². The maximum absolute atomic E-state index is 11.8. The lowest BCUT2D eigenvalue weighted by Gasteiger charge is -2.07. The molecule has 2 aromatic heterocycles. The molecule has 0 aliphatic rings. The van der Waals surface area contributed by atoms with E-state index in [-0.39, 0.29) is 6.03 Å². The Balaban J connectivity index is 1.80. The number of ether oxygens (including phenoxy) is 1. The highest BCUT2D eigenvalue weighted by molar-refractivity contribution is 7.18. The minimum absolute atomic E-state index is 0.301. The van der Waals surface area contributed by atoms with Crippen LogP contribution in [0.15, 0.2) is 30.6 Å². The SMILES string of the molecule is COC(=O)c1ccc(NC(=O)NCCc2ccncc2C)s1. The number of urea groups is 1. The second kappa shape index (κ2) is 7.56. The van der Waals surface area contributed by atoms with Crippen LogP contribution in [-0.2, 0) is 11.2 Å². The van der Waals surface area contributed by atoms with Crippen molar-refractivity contribution in [1.82, 2.24) is 10.3 Å². The second-order valence-electron chi connectivity index (χ2n) is 4.59. The number of pyridine rings is 1. The Morgan fingerprint density at radius 1 is 1.32 bits per heavy atom. The number of aryl methyl sites for hydroxylation is 1. The molecule has 0 radical (unpaired) electrons. The average Bonchev–Trinajstić information content (AvgIpc) is 2.97. The van der Waals surface area contributed by atoms with E-state index < -0.39 is 5.97 Å². The van der Waals surface area contributed by atoms with Crippen molar-refractivity contribution < 1.29 is 14.3 Å². The van der Waals surface area contributed by atoms with Crippen LogP contribution in [-0.4, -0.2) is 30.6 Å². The summed E-state index contributed by atoms with van der Waals surface area (Å²) in [6.07, 6.45) is 4.28. The van der Waals surface area contributed by atoms with Crippen LogP contribution in [0.1, 0.15) is 20.8 Å². The first-order valence-electron chi connectivity index (χ1n) is 6.72. The Labute approximate surface area is 132 Å². The molecule has 0 fully saturated rings. The molecule has 0 saturated heterocycles. The van der Waals surface area contributed by atoms with Crippen molar-refractivity contribution in [3.05, 3.63) is 46.6 Å². The Bertz CT molecular complexity index is 670. The topological polar surface area (TPSA) is 80.3 Å². The van der Waals surface area contributed by atoms with Crippen molar-refractivity contribution >= 4 is 28.3 Å². The summed E-state index contributed by atoms with van der Waals surface area (Å²) in [5, 5.41) is 6.07. The van der Waals surface area contributed by atoms with Crippen molar-refractivity contribution in [3.8, 4) is 0 Å². The third kappa shape index (κ3) is 4.29. The molecule has 0 aliphatic heterocycles.